The molecular formula is C13H20FNO2S. The monoisotopic (exact) mass is 273 g/mol. The summed E-state index contributed by atoms with van der Waals surface area (Å²) < 4.78 is 18.3. The van der Waals surface area contributed by atoms with Crippen molar-refractivity contribution >= 4 is 11.8 Å². The summed E-state index contributed by atoms with van der Waals surface area (Å²) in [5.41, 5.74) is 0.873. The summed E-state index contributed by atoms with van der Waals surface area (Å²) in [6.45, 7) is 0.751. The minimum absolute atomic E-state index is 0.162. The van der Waals surface area contributed by atoms with E-state index >= 15 is 0 Å². The Morgan fingerprint density at radius 2 is 2.28 bits per heavy atom. The van der Waals surface area contributed by atoms with Gasteiger partial charge < -0.3 is 15.2 Å². The number of methoxy groups -OCH3 is 1. The zero-order chi connectivity index (χ0) is 13.4. The number of nitrogens with one attached hydrogen (secondary N) is 1. The lowest BCUT2D eigenvalue weighted by Crippen LogP contribution is -2.31. The molecule has 0 saturated heterocycles. The van der Waals surface area contributed by atoms with Gasteiger partial charge in [-0.3, -0.25) is 0 Å². The van der Waals surface area contributed by atoms with Crippen LogP contribution in [-0.2, 0) is 6.54 Å². The molecule has 0 radical (unpaired) electrons. The van der Waals surface area contributed by atoms with E-state index in [1.807, 2.05) is 12.3 Å². The van der Waals surface area contributed by atoms with E-state index in [2.05, 4.69) is 5.32 Å². The normalized spacial score (nSPS) is 12.4. The van der Waals surface area contributed by atoms with E-state index in [1.165, 1.54) is 13.2 Å². The van der Waals surface area contributed by atoms with Crippen molar-refractivity contribution in [3.05, 3.63) is 29.6 Å². The Hall–Kier alpha value is -0.780. The molecule has 5 heteroatoms. The van der Waals surface area contributed by atoms with Crippen molar-refractivity contribution in [2.45, 2.75) is 19.0 Å². The van der Waals surface area contributed by atoms with Gasteiger partial charge in [-0.1, -0.05) is 6.07 Å². The highest BCUT2D eigenvalue weighted by Crippen LogP contribution is 2.17. The highest BCUT2D eigenvalue weighted by molar-refractivity contribution is 7.98. The molecule has 0 heterocycles. The van der Waals surface area contributed by atoms with Crippen molar-refractivity contribution in [3.63, 3.8) is 0 Å². The number of halogens is 1. The summed E-state index contributed by atoms with van der Waals surface area (Å²) >= 11 is 1.73. The summed E-state index contributed by atoms with van der Waals surface area (Å²) in [5, 5.41) is 12.3. The number of thioether (sulfide) groups is 1. The first-order valence-electron chi connectivity index (χ1n) is 5.86. The van der Waals surface area contributed by atoms with Crippen molar-refractivity contribution in [1.29, 1.82) is 0 Å². The highest BCUT2D eigenvalue weighted by Gasteiger charge is 2.08. The summed E-state index contributed by atoms with van der Waals surface area (Å²) in [7, 11) is 1.45. The van der Waals surface area contributed by atoms with E-state index in [9.17, 15) is 4.39 Å². The van der Waals surface area contributed by atoms with Gasteiger partial charge in [0.2, 0.25) is 0 Å². The zero-order valence-electron chi connectivity index (χ0n) is 10.8. The Balaban J connectivity index is 2.53. The predicted molar refractivity (Wildman–Crippen MR) is 73.7 cm³/mol. The summed E-state index contributed by atoms with van der Waals surface area (Å²) in [6, 6.07) is 5.18. The molecule has 0 spiro atoms. The second kappa shape index (κ2) is 8.34. The molecule has 2 N–H and O–H groups in total. The maximum Gasteiger partial charge on any atom is 0.165 e. The lowest BCUT2D eigenvalue weighted by Gasteiger charge is -2.16. The number of aliphatic hydroxyl groups excluding tert-OH is 1. The second-order valence-corrected chi connectivity index (χ2v) is 4.93. The smallest absolute Gasteiger partial charge is 0.165 e. The minimum atomic E-state index is -0.347. The van der Waals surface area contributed by atoms with Crippen LogP contribution in [0.3, 0.4) is 0 Å². The van der Waals surface area contributed by atoms with Crippen LogP contribution < -0.4 is 10.1 Å². The molecule has 18 heavy (non-hydrogen) atoms. The SMILES string of the molecule is COc1ccc(CNC(CCO)CSC)cc1F. The maximum atomic E-state index is 13.5. The molecule has 0 saturated carbocycles. The number of rotatable bonds is 8. The van der Waals surface area contributed by atoms with E-state index in [-0.39, 0.29) is 24.2 Å². The third-order valence-electron chi connectivity index (χ3n) is 2.66. The lowest BCUT2D eigenvalue weighted by molar-refractivity contribution is 0.269. The van der Waals surface area contributed by atoms with Gasteiger partial charge in [-0.2, -0.15) is 11.8 Å². The molecule has 1 unspecified atom stereocenters. The van der Waals surface area contributed by atoms with Gasteiger partial charge in [0.15, 0.2) is 11.6 Å². The topological polar surface area (TPSA) is 41.5 Å². The van der Waals surface area contributed by atoms with E-state index in [1.54, 1.807) is 17.8 Å². The maximum absolute atomic E-state index is 13.5. The van der Waals surface area contributed by atoms with Crippen LogP contribution >= 0.6 is 11.8 Å². The number of benzene rings is 1. The molecule has 1 rings (SSSR count). The van der Waals surface area contributed by atoms with Gasteiger partial charge in [-0.05, 0) is 30.4 Å². The zero-order valence-corrected chi connectivity index (χ0v) is 11.6. The van der Waals surface area contributed by atoms with Gasteiger partial charge in [0.1, 0.15) is 0 Å². The summed E-state index contributed by atoms with van der Waals surface area (Å²) in [5.74, 6) is 0.842. The van der Waals surface area contributed by atoms with Crippen molar-refractivity contribution in [1.82, 2.24) is 5.32 Å². The lowest BCUT2D eigenvalue weighted by atomic mass is 10.2. The van der Waals surface area contributed by atoms with Gasteiger partial charge in [0.25, 0.3) is 0 Å². The Bertz CT molecular complexity index is 357. The number of aliphatic hydroxyl groups is 1. The first-order valence-corrected chi connectivity index (χ1v) is 7.26. The third kappa shape index (κ3) is 4.84. The van der Waals surface area contributed by atoms with Crippen LogP contribution in [0, 0.1) is 5.82 Å². The van der Waals surface area contributed by atoms with Crippen molar-refractivity contribution < 1.29 is 14.2 Å². The predicted octanol–water partition coefficient (Wildman–Crippen LogP) is 2.04. The van der Waals surface area contributed by atoms with E-state index in [0.29, 0.717) is 13.0 Å². The quantitative estimate of drug-likeness (QED) is 0.760. The van der Waals surface area contributed by atoms with Gasteiger partial charge in [0.05, 0.1) is 7.11 Å². The fourth-order valence-corrected chi connectivity index (χ4v) is 2.37. The van der Waals surface area contributed by atoms with Crippen LogP contribution in [0.4, 0.5) is 4.39 Å². The fraction of sp³-hybridized carbons (Fsp3) is 0.538. The molecule has 0 aliphatic rings. The average molecular weight is 273 g/mol. The van der Waals surface area contributed by atoms with Crippen molar-refractivity contribution in [3.8, 4) is 5.75 Å². The molecule has 3 nitrogen and oxygen atoms in total. The average Bonchev–Trinajstić information content (AvgIpc) is 2.36. The Labute approximate surface area is 112 Å². The van der Waals surface area contributed by atoms with Crippen LogP contribution in [0.2, 0.25) is 0 Å². The van der Waals surface area contributed by atoms with Gasteiger partial charge in [-0.25, -0.2) is 4.39 Å². The molecule has 0 bridgehead atoms. The van der Waals surface area contributed by atoms with Gasteiger partial charge in [-0.15, -0.1) is 0 Å². The number of ether oxygens (including phenoxy) is 1. The first kappa shape index (κ1) is 15.3. The van der Waals surface area contributed by atoms with E-state index in [4.69, 9.17) is 9.84 Å². The fourth-order valence-electron chi connectivity index (χ4n) is 1.68. The highest BCUT2D eigenvalue weighted by atomic mass is 32.2. The molecule has 102 valence electrons. The van der Waals surface area contributed by atoms with Crippen LogP contribution in [-0.4, -0.2) is 36.9 Å². The van der Waals surface area contributed by atoms with Crippen LogP contribution in [0.25, 0.3) is 0 Å². The Morgan fingerprint density at radius 3 is 2.83 bits per heavy atom. The largest absolute Gasteiger partial charge is 0.494 e. The minimum Gasteiger partial charge on any atom is -0.494 e. The van der Waals surface area contributed by atoms with E-state index < -0.39 is 0 Å². The second-order valence-electron chi connectivity index (χ2n) is 4.01. The van der Waals surface area contributed by atoms with Crippen molar-refractivity contribution in [2.75, 3.05) is 25.7 Å². The molecule has 0 amide bonds. The molecule has 1 aromatic carbocycles. The van der Waals surface area contributed by atoms with Crippen LogP contribution in [0.1, 0.15) is 12.0 Å². The molecule has 0 aliphatic heterocycles. The molecule has 0 aromatic heterocycles. The van der Waals surface area contributed by atoms with Gasteiger partial charge in [0, 0.05) is 24.9 Å². The van der Waals surface area contributed by atoms with Crippen LogP contribution in [0.5, 0.6) is 5.75 Å². The number of hydrogen-bond acceptors (Lipinski definition) is 4. The van der Waals surface area contributed by atoms with Crippen molar-refractivity contribution in [2.24, 2.45) is 0 Å². The summed E-state index contributed by atoms with van der Waals surface area (Å²) in [4.78, 5) is 0. The number of hydrogen-bond donors (Lipinski definition) is 2. The molecule has 0 fully saturated rings. The van der Waals surface area contributed by atoms with Crippen LogP contribution in [0.15, 0.2) is 18.2 Å². The first-order chi connectivity index (χ1) is 8.71. The van der Waals surface area contributed by atoms with Gasteiger partial charge >= 0.3 is 0 Å². The summed E-state index contributed by atoms with van der Waals surface area (Å²) in [6.07, 6.45) is 2.73. The Kier molecular flexibility index (Phi) is 7.08. The molecule has 0 aliphatic carbocycles. The molecular weight excluding hydrogens is 253 g/mol. The standard InChI is InChI=1S/C13H20FNO2S/c1-17-13-4-3-10(7-12(13)14)8-15-11(5-6-16)9-18-2/h3-4,7,11,15-16H,5-6,8-9H2,1-2H3. The Morgan fingerprint density at radius 1 is 1.50 bits per heavy atom. The van der Waals surface area contributed by atoms with E-state index in [0.717, 1.165) is 11.3 Å². The molecule has 1 aromatic rings. The molecule has 1 atom stereocenters. The third-order valence-corrected chi connectivity index (χ3v) is 3.39.